The highest BCUT2D eigenvalue weighted by atomic mass is 32.2. The van der Waals surface area contributed by atoms with Crippen molar-refractivity contribution in [3.8, 4) is 22.5 Å². The van der Waals surface area contributed by atoms with Crippen LogP contribution in [0.3, 0.4) is 0 Å². The van der Waals surface area contributed by atoms with Crippen LogP contribution < -0.4 is 5.32 Å². The first-order valence-electron chi connectivity index (χ1n) is 12.9. The molecule has 1 heterocycles. The number of amides is 1. The number of aryl methyl sites for hydroxylation is 1. The standard InChI is InChI=1S/C32H33NO5S/c1-21-9-7-8-12-25(21)27-19-23(13-14-26(27)31(34)33-28(32(35)36)17-18-39-3)20-37-22(2)29-15-16-30(38-29)24-10-5-4-6-11-24/h4-16,19,22,28H,17-18,20H2,1-3H3,(H,33,34)(H,35,36). The Morgan fingerprint density at radius 1 is 0.974 bits per heavy atom. The summed E-state index contributed by atoms with van der Waals surface area (Å²) in [5.74, 6) is 0.706. The molecule has 39 heavy (non-hydrogen) atoms. The smallest absolute Gasteiger partial charge is 0.326 e. The van der Waals surface area contributed by atoms with Crippen LogP contribution in [0.4, 0.5) is 0 Å². The quantitative estimate of drug-likeness (QED) is 0.198. The SMILES string of the molecule is CSCCC(NC(=O)c1ccc(COC(C)c2ccc(-c3ccccc3)o2)cc1-c1ccccc1C)C(=O)O. The Morgan fingerprint density at radius 2 is 1.72 bits per heavy atom. The van der Waals surface area contributed by atoms with Crippen molar-refractivity contribution in [2.24, 2.45) is 0 Å². The van der Waals surface area contributed by atoms with Crippen molar-refractivity contribution >= 4 is 23.6 Å². The number of aliphatic carboxylic acids is 1. The van der Waals surface area contributed by atoms with Gasteiger partial charge in [-0.1, -0.05) is 60.7 Å². The Bertz CT molecular complexity index is 1420. The van der Waals surface area contributed by atoms with Gasteiger partial charge in [0.2, 0.25) is 0 Å². The highest BCUT2D eigenvalue weighted by Crippen LogP contribution is 2.30. The Kier molecular flexibility index (Phi) is 9.63. The first-order valence-corrected chi connectivity index (χ1v) is 14.2. The van der Waals surface area contributed by atoms with Crippen molar-refractivity contribution in [2.45, 2.75) is 39.0 Å². The van der Waals surface area contributed by atoms with E-state index in [1.54, 1.807) is 17.8 Å². The van der Waals surface area contributed by atoms with Crippen molar-refractivity contribution in [1.82, 2.24) is 5.32 Å². The lowest BCUT2D eigenvalue weighted by Gasteiger charge is -2.18. The van der Waals surface area contributed by atoms with Crippen molar-refractivity contribution in [3.05, 3.63) is 107 Å². The van der Waals surface area contributed by atoms with Crippen LogP contribution in [0.15, 0.2) is 89.3 Å². The summed E-state index contributed by atoms with van der Waals surface area (Å²) in [7, 11) is 0. The minimum Gasteiger partial charge on any atom is -0.480 e. The molecule has 0 bridgehead atoms. The minimum absolute atomic E-state index is 0.278. The van der Waals surface area contributed by atoms with E-state index in [0.717, 1.165) is 39.3 Å². The second-order valence-electron chi connectivity index (χ2n) is 9.36. The number of carboxylic acid groups (broad SMARTS) is 1. The number of ether oxygens (including phenoxy) is 1. The van der Waals surface area contributed by atoms with E-state index in [-0.39, 0.29) is 6.10 Å². The van der Waals surface area contributed by atoms with Crippen molar-refractivity contribution in [1.29, 1.82) is 0 Å². The molecule has 0 fully saturated rings. The van der Waals surface area contributed by atoms with Gasteiger partial charge in [-0.25, -0.2) is 4.79 Å². The van der Waals surface area contributed by atoms with Gasteiger partial charge in [0.05, 0.1) is 6.61 Å². The lowest BCUT2D eigenvalue weighted by Crippen LogP contribution is -2.41. The molecule has 2 atom stereocenters. The fourth-order valence-electron chi connectivity index (χ4n) is 4.34. The zero-order valence-electron chi connectivity index (χ0n) is 22.3. The number of rotatable bonds is 12. The van der Waals surface area contributed by atoms with Gasteiger partial charge in [-0.15, -0.1) is 0 Å². The number of carbonyl (C=O) groups excluding carboxylic acids is 1. The maximum Gasteiger partial charge on any atom is 0.326 e. The molecule has 0 radical (unpaired) electrons. The topological polar surface area (TPSA) is 88.8 Å². The van der Waals surface area contributed by atoms with E-state index in [1.165, 1.54) is 0 Å². The molecule has 4 rings (SSSR count). The maximum absolute atomic E-state index is 13.3. The number of furan rings is 1. The van der Waals surface area contributed by atoms with Crippen LogP contribution in [0.5, 0.6) is 0 Å². The molecule has 0 saturated carbocycles. The molecular formula is C32H33NO5S. The van der Waals surface area contributed by atoms with Gasteiger partial charge in [-0.3, -0.25) is 4.79 Å². The fraction of sp³-hybridized carbons (Fsp3) is 0.250. The Labute approximate surface area is 233 Å². The number of carboxylic acids is 1. The van der Waals surface area contributed by atoms with E-state index in [2.05, 4.69) is 5.32 Å². The third-order valence-electron chi connectivity index (χ3n) is 6.56. The summed E-state index contributed by atoms with van der Waals surface area (Å²) in [6.07, 6.45) is 1.98. The number of carbonyl (C=O) groups is 2. The van der Waals surface area contributed by atoms with E-state index in [9.17, 15) is 14.7 Å². The molecule has 4 aromatic rings. The summed E-state index contributed by atoms with van der Waals surface area (Å²) in [5, 5.41) is 12.3. The molecule has 1 aromatic heterocycles. The van der Waals surface area contributed by atoms with Crippen molar-refractivity contribution in [3.63, 3.8) is 0 Å². The molecule has 7 heteroatoms. The summed E-state index contributed by atoms with van der Waals surface area (Å²) in [6.45, 7) is 4.25. The molecule has 1 amide bonds. The van der Waals surface area contributed by atoms with Crippen molar-refractivity contribution < 1.29 is 23.8 Å². The number of hydrogen-bond donors (Lipinski definition) is 2. The maximum atomic E-state index is 13.3. The van der Waals surface area contributed by atoms with Crippen LogP contribution in [0.2, 0.25) is 0 Å². The second-order valence-corrected chi connectivity index (χ2v) is 10.3. The average Bonchev–Trinajstić information content (AvgIpc) is 3.45. The van der Waals surface area contributed by atoms with Gasteiger partial charge >= 0.3 is 5.97 Å². The van der Waals surface area contributed by atoms with Crippen LogP contribution in [0, 0.1) is 6.92 Å². The van der Waals surface area contributed by atoms with Gasteiger partial charge in [0.1, 0.15) is 23.7 Å². The summed E-state index contributed by atoms with van der Waals surface area (Å²) < 4.78 is 12.2. The molecule has 3 aromatic carbocycles. The zero-order valence-corrected chi connectivity index (χ0v) is 23.2. The molecule has 2 N–H and O–H groups in total. The zero-order chi connectivity index (χ0) is 27.8. The van der Waals surface area contributed by atoms with E-state index in [0.29, 0.717) is 24.3 Å². The molecule has 2 unspecified atom stereocenters. The van der Waals surface area contributed by atoms with Crippen molar-refractivity contribution in [2.75, 3.05) is 12.0 Å². The lowest BCUT2D eigenvalue weighted by atomic mass is 9.93. The van der Waals surface area contributed by atoms with E-state index >= 15 is 0 Å². The highest BCUT2D eigenvalue weighted by Gasteiger charge is 2.23. The first-order chi connectivity index (χ1) is 18.9. The third kappa shape index (κ3) is 7.19. The molecule has 0 aliphatic rings. The van der Waals surface area contributed by atoms with E-state index in [1.807, 2.05) is 99.0 Å². The molecule has 0 aliphatic heterocycles. The average molecular weight is 544 g/mol. The number of thioether (sulfide) groups is 1. The van der Waals surface area contributed by atoms with Gasteiger partial charge in [0, 0.05) is 11.1 Å². The molecule has 202 valence electrons. The summed E-state index contributed by atoms with van der Waals surface area (Å²) in [4.78, 5) is 25.0. The summed E-state index contributed by atoms with van der Waals surface area (Å²) in [5.41, 5.74) is 4.98. The highest BCUT2D eigenvalue weighted by molar-refractivity contribution is 7.98. The van der Waals surface area contributed by atoms with Gasteiger partial charge < -0.3 is 19.6 Å². The monoisotopic (exact) mass is 543 g/mol. The van der Waals surface area contributed by atoms with E-state index in [4.69, 9.17) is 9.15 Å². The normalized spacial score (nSPS) is 12.6. The molecule has 6 nitrogen and oxygen atoms in total. The number of nitrogens with one attached hydrogen (secondary N) is 1. The van der Waals surface area contributed by atoms with Gasteiger partial charge in [-0.2, -0.15) is 11.8 Å². The third-order valence-corrected chi connectivity index (χ3v) is 7.21. The van der Waals surface area contributed by atoms with E-state index < -0.39 is 17.9 Å². The lowest BCUT2D eigenvalue weighted by molar-refractivity contribution is -0.139. The fourth-order valence-corrected chi connectivity index (χ4v) is 4.81. The van der Waals surface area contributed by atoms with Gasteiger partial charge in [-0.05, 0) is 78.8 Å². The molecule has 0 aliphatic carbocycles. The second kappa shape index (κ2) is 13.3. The Hall–Kier alpha value is -3.81. The molecule has 0 saturated heterocycles. The van der Waals surface area contributed by atoms with Crippen LogP contribution in [0.1, 0.15) is 46.7 Å². The Morgan fingerprint density at radius 3 is 2.44 bits per heavy atom. The predicted molar refractivity (Wildman–Crippen MR) is 156 cm³/mol. The number of hydrogen-bond acceptors (Lipinski definition) is 5. The van der Waals surface area contributed by atoms with Gasteiger partial charge in [0.25, 0.3) is 5.91 Å². The molecular weight excluding hydrogens is 510 g/mol. The summed E-state index contributed by atoms with van der Waals surface area (Å²) in [6, 6.07) is 26.2. The first kappa shape index (κ1) is 28.2. The number of benzene rings is 3. The van der Waals surface area contributed by atoms with Crippen LogP contribution in [-0.2, 0) is 16.1 Å². The largest absolute Gasteiger partial charge is 0.480 e. The molecule has 0 spiro atoms. The minimum atomic E-state index is -1.04. The van der Waals surface area contributed by atoms with Crippen LogP contribution >= 0.6 is 11.8 Å². The van der Waals surface area contributed by atoms with Crippen LogP contribution in [-0.4, -0.2) is 35.0 Å². The van der Waals surface area contributed by atoms with Gasteiger partial charge in [0.15, 0.2) is 0 Å². The predicted octanol–water partition coefficient (Wildman–Crippen LogP) is 7.14. The van der Waals surface area contributed by atoms with Crippen LogP contribution in [0.25, 0.3) is 22.5 Å². The Balaban J connectivity index is 1.54. The summed E-state index contributed by atoms with van der Waals surface area (Å²) >= 11 is 1.55.